The van der Waals surface area contributed by atoms with Gasteiger partial charge in [-0.1, -0.05) is 74.5 Å². The van der Waals surface area contributed by atoms with Crippen LogP contribution in [0.15, 0.2) is 66.4 Å². The molecule has 0 radical (unpaired) electrons. The van der Waals surface area contributed by atoms with Crippen molar-refractivity contribution < 1.29 is 19.4 Å². The van der Waals surface area contributed by atoms with Crippen molar-refractivity contribution in [1.29, 1.82) is 0 Å². The molecular formula is C23H28O4. The van der Waals surface area contributed by atoms with Crippen LogP contribution in [0.2, 0.25) is 0 Å². The fraction of sp³-hybridized carbons (Fsp3) is 0.348. The molecule has 0 bridgehead atoms. The number of rotatable bonds is 8. The standard InChI is InChI=1S/C23H28O4/c1-17(24)23(3,4)18(2)27-22(25)21(15-19-11-7-5-8-12-19)26-16-20-13-9-6-10-14-20/h5-15,17-18,24H,16H2,1-4H3/t17-,18+/m0/s1. The first-order valence-electron chi connectivity index (χ1n) is 9.13. The van der Waals surface area contributed by atoms with Crippen molar-refractivity contribution in [2.24, 2.45) is 5.41 Å². The highest BCUT2D eigenvalue weighted by atomic mass is 16.6. The van der Waals surface area contributed by atoms with Crippen LogP contribution in [-0.4, -0.2) is 23.3 Å². The van der Waals surface area contributed by atoms with Crippen molar-refractivity contribution in [1.82, 2.24) is 0 Å². The zero-order valence-electron chi connectivity index (χ0n) is 16.4. The summed E-state index contributed by atoms with van der Waals surface area (Å²) in [6, 6.07) is 19.1. The average Bonchev–Trinajstić information content (AvgIpc) is 2.66. The van der Waals surface area contributed by atoms with Gasteiger partial charge in [-0.15, -0.1) is 0 Å². The number of hydrogen-bond acceptors (Lipinski definition) is 4. The lowest BCUT2D eigenvalue weighted by atomic mass is 9.82. The first kappa shape index (κ1) is 20.7. The quantitative estimate of drug-likeness (QED) is 0.421. The highest BCUT2D eigenvalue weighted by molar-refractivity contribution is 5.91. The van der Waals surface area contributed by atoms with Crippen LogP contribution in [0.3, 0.4) is 0 Å². The Labute approximate surface area is 161 Å². The first-order valence-corrected chi connectivity index (χ1v) is 9.13. The number of hydrogen-bond donors (Lipinski definition) is 1. The van der Waals surface area contributed by atoms with Gasteiger partial charge in [0.05, 0.1) is 6.10 Å². The molecule has 0 aliphatic heterocycles. The molecular weight excluding hydrogens is 340 g/mol. The van der Waals surface area contributed by atoms with Crippen LogP contribution in [0.1, 0.15) is 38.8 Å². The van der Waals surface area contributed by atoms with Gasteiger partial charge in [0.15, 0.2) is 0 Å². The van der Waals surface area contributed by atoms with Crippen LogP contribution in [-0.2, 0) is 20.9 Å². The van der Waals surface area contributed by atoms with E-state index in [9.17, 15) is 9.90 Å². The molecule has 0 unspecified atom stereocenters. The van der Waals surface area contributed by atoms with Crippen LogP contribution in [0, 0.1) is 5.41 Å². The molecule has 4 heteroatoms. The molecule has 0 spiro atoms. The maximum absolute atomic E-state index is 12.8. The van der Waals surface area contributed by atoms with Crippen LogP contribution in [0.4, 0.5) is 0 Å². The van der Waals surface area contributed by atoms with Gasteiger partial charge >= 0.3 is 5.97 Å². The van der Waals surface area contributed by atoms with Gasteiger partial charge < -0.3 is 14.6 Å². The minimum atomic E-state index is -0.618. The Kier molecular flexibility index (Phi) is 7.19. The predicted octanol–water partition coefficient (Wildman–Crippen LogP) is 4.58. The third-order valence-corrected chi connectivity index (χ3v) is 4.94. The van der Waals surface area contributed by atoms with Gasteiger partial charge in [0.1, 0.15) is 12.7 Å². The average molecular weight is 368 g/mol. The van der Waals surface area contributed by atoms with E-state index in [2.05, 4.69) is 0 Å². The van der Waals surface area contributed by atoms with Crippen LogP contribution in [0.5, 0.6) is 0 Å². The van der Waals surface area contributed by atoms with E-state index in [0.717, 1.165) is 11.1 Å². The lowest BCUT2D eigenvalue weighted by molar-refractivity contribution is -0.157. The summed E-state index contributed by atoms with van der Waals surface area (Å²) in [5.74, 6) is -0.408. The molecule has 144 valence electrons. The van der Waals surface area contributed by atoms with Gasteiger partial charge in [-0.2, -0.15) is 0 Å². The number of carbonyl (C=O) groups is 1. The van der Waals surface area contributed by atoms with Crippen LogP contribution in [0.25, 0.3) is 6.08 Å². The number of esters is 1. The molecule has 2 aromatic carbocycles. The molecule has 2 rings (SSSR count). The Bertz CT molecular complexity index is 748. The van der Waals surface area contributed by atoms with E-state index in [1.165, 1.54) is 0 Å². The van der Waals surface area contributed by atoms with Crippen molar-refractivity contribution in [3.05, 3.63) is 77.5 Å². The molecule has 0 aliphatic rings. The molecule has 0 heterocycles. The first-order chi connectivity index (χ1) is 12.8. The maximum atomic E-state index is 12.8. The van der Waals surface area contributed by atoms with Crippen LogP contribution >= 0.6 is 0 Å². The molecule has 4 nitrogen and oxygen atoms in total. The summed E-state index contributed by atoms with van der Waals surface area (Å²) < 4.78 is 11.4. The molecule has 0 amide bonds. The summed E-state index contributed by atoms with van der Waals surface area (Å²) >= 11 is 0. The molecule has 2 aromatic rings. The SMILES string of the molecule is C[C@H](O)C(C)(C)[C@@H](C)OC(=O)C(=Cc1ccccc1)OCc1ccccc1. The number of benzene rings is 2. The zero-order valence-corrected chi connectivity index (χ0v) is 16.4. The number of aliphatic hydroxyl groups excluding tert-OH is 1. The lowest BCUT2D eigenvalue weighted by Crippen LogP contribution is -2.40. The number of ether oxygens (including phenoxy) is 2. The van der Waals surface area contributed by atoms with E-state index < -0.39 is 23.6 Å². The van der Waals surface area contributed by atoms with E-state index in [-0.39, 0.29) is 12.4 Å². The van der Waals surface area contributed by atoms with E-state index in [1.54, 1.807) is 19.9 Å². The summed E-state index contributed by atoms with van der Waals surface area (Å²) in [5, 5.41) is 9.95. The minimum absolute atomic E-state index is 0.137. The van der Waals surface area contributed by atoms with Gasteiger partial charge in [0, 0.05) is 5.41 Å². The minimum Gasteiger partial charge on any atom is -0.482 e. The Morgan fingerprint density at radius 3 is 2.15 bits per heavy atom. The predicted molar refractivity (Wildman–Crippen MR) is 107 cm³/mol. The largest absolute Gasteiger partial charge is 0.482 e. The molecule has 27 heavy (non-hydrogen) atoms. The van der Waals surface area contributed by atoms with Gasteiger partial charge in [0.25, 0.3) is 0 Å². The number of carbonyl (C=O) groups excluding carboxylic acids is 1. The summed E-state index contributed by atoms with van der Waals surface area (Å²) in [5.41, 5.74) is 1.23. The molecule has 0 aliphatic carbocycles. The van der Waals surface area contributed by atoms with Gasteiger partial charge in [-0.25, -0.2) is 4.79 Å². The van der Waals surface area contributed by atoms with E-state index >= 15 is 0 Å². The molecule has 0 fully saturated rings. The van der Waals surface area contributed by atoms with Crippen molar-refractivity contribution >= 4 is 12.0 Å². The highest BCUT2D eigenvalue weighted by Crippen LogP contribution is 2.28. The second kappa shape index (κ2) is 9.38. The van der Waals surface area contributed by atoms with Crippen molar-refractivity contribution in [3.63, 3.8) is 0 Å². The summed E-state index contributed by atoms with van der Waals surface area (Å²) in [6.45, 7) is 7.46. The Balaban J connectivity index is 2.18. The summed E-state index contributed by atoms with van der Waals surface area (Å²) in [7, 11) is 0. The molecule has 0 saturated carbocycles. The third-order valence-electron chi connectivity index (χ3n) is 4.94. The Hall–Kier alpha value is -2.59. The molecule has 0 aromatic heterocycles. The Morgan fingerprint density at radius 1 is 1.04 bits per heavy atom. The monoisotopic (exact) mass is 368 g/mol. The highest BCUT2D eigenvalue weighted by Gasteiger charge is 2.34. The van der Waals surface area contributed by atoms with Gasteiger partial charge in [-0.05, 0) is 31.1 Å². The maximum Gasteiger partial charge on any atom is 0.373 e. The molecule has 2 atom stereocenters. The van der Waals surface area contributed by atoms with Crippen molar-refractivity contribution in [2.45, 2.75) is 46.5 Å². The van der Waals surface area contributed by atoms with E-state index in [4.69, 9.17) is 9.47 Å². The molecule has 1 N–H and O–H groups in total. The Morgan fingerprint density at radius 2 is 1.59 bits per heavy atom. The smallest absolute Gasteiger partial charge is 0.373 e. The summed E-state index contributed by atoms with van der Waals surface area (Å²) in [4.78, 5) is 12.8. The van der Waals surface area contributed by atoms with Crippen molar-refractivity contribution in [2.75, 3.05) is 0 Å². The summed E-state index contributed by atoms with van der Waals surface area (Å²) in [6.07, 6.45) is 0.574. The van der Waals surface area contributed by atoms with Gasteiger partial charge in [-0.3, -0.25) is 0 Å². The van der Waals surface area contributed by atoms with Gasteiger partial charge in [0.2, 0.25) is 5.76 Å². The van der Waals surface area contributed by atoms with Crippen LogP contribution < -0.4 is 0 Å². The number of aliphatic hydroxyl groups is 1. The second-order valence-electron chi connectivity index (χ2n) is 7.24. The normalized spacial score (nSPS) is 14.3. The van der Waals surface area contributed by atoms with E-state index in [1.807, 2.05) is 74.5 Å². The fourth-order valence-electron chi connectivity index (χ4n) is 2.31. The second-order valence-corrected chi connectivity index (χ2v) is 7.24. The lowest BCUT2D eigenvalue weighted by Gasteiger charge is -2.34. The topological polar surface area (TPSA) is 55.8 Å². The zero-order chi connectivity index (χ0) is 19.9. The van der Waals surface area contributed by atoms with E-state index in [0.29, 0.717) is 0 Å². The van der Waals surface area contributed by atoms with Crippen molar-refractivity contribution in [3.8, 4) is 0 Å². The molecule has 0 saturated heterocycles. The fourth-order valence-corrected chi connectivity index (χ4v) is 2.31. The third kappa shape index (κ3) is 5.97.